The van der Waals surface area contributed by atoms with Gasteiger partial charge in [-0.1, -0.05) is 31.0 Å². The van der Waals surface area contributed by atoms with Crippen LogP contribution < -0.4 is 10.1 Å². The van der Waals surface area contributed by atoms with Crippen molar-refractivity contribution in [3.8, 4) is 5.75 Å². The number of ether oxygens (including phenoxy) is 1. The normalized spacial score (nSPS) is 11.7. The Morgan fingerprint density at radius 3 is 2.52 bits per heavy atom. The number of aliphatic carboxylic acids is 1. The SMILES string of the molecule is CCCC(CNC(=O)CCOc1ccc(C)cc1)C(=O)O. The van der Waals surface area contributed by atoms with Crippen LogP contribution in [0.2, 0.25) is 0 Å². The third-order valence-electron chi connectivity index (χ3n) is 3.15. The van der Waals surface area contributed by atoms with Crippen molar-refractivity contribution in [1.82, 2.24) is 5.32 Å². The highest BCUT2D eigenvalue weighted by atomic mass is 16.5. The van der Waals surface area contributed by atoms with Crippen LogP contribution in [-0.4, -0.2) is 30.1 Å². The molecule has 21 heavy (non-hydrogen) atoms. The fourth-order valence-electron chi connectivity index (χ4n) is 1.88. The Hall–Kier alpha value is -2.04. The van der Waals surface area contributed by atoms with E-state index in [-0.39, 0.29) is 25.5 Å². The van der Waals surface area contributed by atoms with Crippen LogP contribution in [-0.2, 0) is 9.59 Å². The molecule has 0 aliphatic rings. The number of carboxylic acids is 1. The molecule has 0 aliphatic heterocycles. The Bertz CT molecular complexity index is 456. The molecule has 0 radical (unpaired) electrons. The van der Waals surface area contributed by atoms with Gasteiger partial charge in [0.15, 0.2) is 0 Å². The van der Waals surface area contributed by atoms with Gasteiger partial charge in [-0.05, 0) is 25.5 Å². The topological polar surface area (TPSA) is 75.6 Å². The average molecular weight is 293 g/mol. The number of rotatable bonds is 9. The van der Waals surface area contributed by atoms with Crippen molar-refractivity contribution < 1.29 is 19.4 Å². The van der Waals surface area contributed by atoms with Crippen LogP contribution in [0.15, 0.2) is 24.3 Å². The largest absolute Gasteiger partial charge is 0.493 e. The Balaban J connectivity index is 2.24. The highest BCUT2D eigenvalue weighted by Gasteiger charge is 2.16. The number of hydrogen-bond acceptors (Lipinski definition) is 3. The smallest absolute Gasteiger partial charge is 0.308 e. The van der Waals surface area contributed by atoms with Gasteiger partial charge < -0.3 is 15.2 Å². The highest BCUT2D eigenvalue weighted by molar-refractivity contribution is 5.77. The fraction of sp³-hybridized carbons (Fsp3) is 0.500. The van der Waals surface area contributed by atoms with Crippen molar-refractivity contribution in [3.05, 3.63) is 29.8 Å². The number of carboxylic acid groups (broad SMARTS) is 1. The van der Waals surface area contributed by atoms with Gasteiger partial charge in [-0.3, -0.25) is 9.59 Å². The minimum absolute atomic E-state index is 0.173. The molecule has 1 atom stereocenters. The van der Waals surface area contributed by atoms with E-state index in [9.17, 15) is 9.59 Å². The molecular formula is C16H23NO4. The van der Waals surface area contributed by atoms with Gasteiger partial charge >= 0.3 is 5.97 Å². The van der Waals surface area contributed by atoms with Gasteiger partial charge in [0.1, 0.15) is 5.75 Å². The molecular weight excluding hydrogens is 270 g/mol. The van der Waals surface area contributed by atoms with Crippen molar-refractivity contribution >= 4 is 11.9 Å². The Kier molecular flexibility index (Phi) is 7.29. The lowest BCUT2D eigenvalue weighted by atomic mass is 10.0. The van der Waals surface area contributed by atoms with Crippen molar-refractivity contribution in [3.63, 3.8) is 0 Å². The number of hydrogen-bond donors (Lipinski definition) is 2. The van der Waals surface area contributed by atoms with E-state index in [2.05, 4.69) is 5.32 Å². The van der Waals surface area contributed by atoms with Crippen LogP contribution in [0.4, 0.5) is 0 Å². The zero-order chi connectivity index (χ0) is 15.7. The predicted octanol–water partition coefficient (Wildman–Crippen LogP) is 2.38. The van der Waals surface area contributed by atoms with Crippen molar-refractivity contribution in [1.29, 1.82) is 0 Å². The quantitative estimate of drug-likeness (QED) is 0.733. The van der Waals surface area contributed by atoms with E-state index in [4.69, 9.17) is 9.84 Å². The maximum atomic E-state index is 11.6. The summed E-state index contributed by atoms with van der Waals surface area (Å²) in [6, 6.07) is 7.60. The van der Waals surface area contributed by atoms with E-state index in [1.807, 2.05) is 38.1 Å². The Morgan fingerprint density at radius 2 is 1.95 bits per heavy atom. The van der Waals surface area contributed by atoms with Gasteiger partial charge in [-0.15, -0.1) is 0 Å². The van der Waals surface area contributed by atoms with Crippen LogP contribution in [0.1, 0.15) is 31.7 Å². The summed E-state index contributed by atoms with van der Waals surface area (Å²) in [5, 5.41) is 11.6. The zero-order valence-corrected chi connectivity index (χ0v) is 12.6. The number of carbonyl (C=O) groups is 2. The van der Waals surface area contributed by atoms with Crippen LogP contribution in [0.5, 0.6) is 5.75 Å². The summed E-state index contributed by atoms with van der Waals surface area (Å²) in [4.78, 5) is 22.6. The molecule has 1 aromatic rings. The molecule has 0 heterocycles. The summed E-state index contributed by atoms with van der Waals surface area (Å²) in [6.07, 6.45) is 1.56. The average Bonchev–Trinajstić information content (AvgIpc) is 2.45. The van der Waals surface area contributed by atoms with Crippen molar-refractivity contribution in [2.24, 2.45) is 5.92 Å². The molecule has 5 heteroatoms. The van der Waals surface area contributed by atoms with Gasteiger partial charge in [0.25, 0.3) is 0 Å². The van der Waals surface area contributed by atoms with Gasteiger partial charge in [-0.25, -0.2) is 0 Å². The Labute approximate surface area is 125 Å². The summed E-state index contributed by atoms with van der Waals surface area (Å²) in [6.45, 7) is 4.37. The van der Waals surface area contributed by atoms with E-state index in [1.165, 1.54) is 0 Å². The summed E-state index contributed by atoms with van der Waals surface area (Å²) < 4.78 is 5.46. The number of benzene rings is 1. The van der Waals surface area contributed by atoms with Gasteiger partial charge in [0.05, 0.1) is 18.9 Å². The van der Waals surface area contributed by atoms with Crippen LogP contribution >= 0.6 is 0 Å². The van der Waals surface area contributed by atoms with Crippen molar-refractivity contribution in [2.75, 3.05) is 13.2 Å². The number of nitrogens with one attached hydrogen (secondary N) is 1. The molecule has 0 bridgehead atoms. The molecule has 116 valence electrons. The second-order valence-corrected chi connectivity index (χ2v) is 5.04. The lowest BCUT2D eigenvalue weighted by molar-refractivity contribution is -0.141. The standard InChI is InChI=1S/C16H23NO4/c1-3-4-13(16(19)20)11-17-15(18)9-10-21-14-7-5-12(2)6-8-14/h5-8,13H,3-4,9-11H2,1-2H3,(H,17,18)(H,19,20). The molecule has 0 spiro atoms. The van der Waals surface area contributed by atoms with Gasteiger partial charge in [0, 0.05) is 6.54 Å². The van der Waals surface area contributed by atoms with E-state index in [1.54, 1.807) is 0 Å². The molecule has 5 nitrogen and oxygen atoms in total. The maximum absolute atomic E-state index is 11.6. The molecule has 1 aromatic carbocycles. The zero-order valence-electron chi connectivity index (χ0n) is 12.6. The van der Waals surface area contributed by atoms with E-state index in [0.29, 0.717) is 6.42 Å². The summed E-state index contributed by atoms with van der Waals surface area (Å²) in [5.41, 5.74) is 1.15. The molecule has 2 N–H and O–H groups in total. The fourth-order valence-corrected chi connectivity index (χ4v) is 1.88. The number of amides is 1. The molecule has 1 rings (SSSR count). The molecule has 0 saturated carbocycles. The monoisotopic (exact) mass is 293 g/mol. The van der Waals surface area contributed by atoms with Crippen molar-refractivity contribution in [2.45, 2.75) is 33.1 Å². The first-order chi connectivity index (χ1) is 10.0. The van der Waals surface area contributed by atoms with Crippen LogP contribution in [0.25, 0.3) is 0 Å². The number of aryl methyl sites for hydroxylation is 1. The minimum atomic E-state index is -0.868. The summed E-state index contributed by atoms with van der Waals surface area (Å²) in [5.74, 6) is -0.850. The molecule has 0 saturated heterocycles. The number of carbonyl (C=O) groups excluding carboxylic acids is 1. The molecule has 0 fully saturated rings. The highest BCUT2D eigenvalue weighted by Crippen LogP contribution is 2.11. The van der Waals surface area contributed by atoms with Crippen LogP contribution in [0.3, 0.4) is 0 Å². The first-order valence-electron chi connectivity index (χ1n) is 7.22. The van der Waals surface area contributed by atoms with E-state index in [0.717, 1.165) is 17.7 Å². The molecule has 0 aromatic heterocycles. The Morgan fingerprint density at radius 1 is 1.29 bits per heavy atom. The molecule has 1 unspecified atom stereocenters. The lowest BCUT2D eigenvalue weighted by Crippen LogP contribution is -2.33. The third kappa shape index (κ3) is 6.79. The van der Waals surface area contributed by atoms with E-state index >= 15 is 0 Å². The maximum Gasteiger partial charge on any atom is 0.308 e. The van der Waals surface area contributed by atoms with E-state index < -0.39 is 11.9 Å². The first kappa shape index (κ1) is 17.0. The second kappa shape index (κ2) is 9.00. The summed E-state index contributed by atoms with van der Waals surface area (Å²) >= 11 is 0. The minimum Gasteiger partial charge on any atom is -0.493 e. The van der Waals surface area contributed by atoms with Gasteiger partial charge in [0.2, 0.25) is 5.91 Å². The molecule has 0 aliphatic carbocycles. The summed E-state index contributed by atoms with van der Waals surface area (Å²) in [7, 11) is 0. The lowest BCUT2D eigenvalue weighted by Gasteiger charge is -2.12. The third-order valence-corrected chi connectivity index (χ3v) is 3.15. The second-order valence-electron chi connectivity index (χ2n) is 5.04. The van der Waals surface area contributed by atoms with Crippen LogP contribution in [0, 0.1) is 12.8 Å². The first-order valence-corrected chi connectivity index (χ1v) is 7.22. The predicted molar refractivity (Wildman–Crippen MR) is 80.3 cm³/mol. The molecule has 1 amide bonds. The van der Waals surface area contributed by atoms with Gasteiger partial charge in [-0.2, -0.15) is 0 Å².